The van der Waals surface area contributed by atoms with Gasteiger partial charge in [0.2, 0.25) is 0 Å². The molecule has 6 nitrogen and oxygen atoms in total. The van der Waals surface area contributed by atoms with E-state index in [0.29, 0.717) is 17.3 Å². The standard InChI is InChI=1S/C35H58O6/c1-7-22(20(2)3)9-8-21(4)26-12-13-27-25-11-10-23-18-24(14-16-34(23,5)28(25)15-17-35(26,27)6)40-33-32(39)31(38)30(37)29(19-36)41-33/h10,15,17,20-22,24-33,36-39H,7-9,11-14,16,18-19H2,1-6H3. The Hall–Kier alpha value is -0.760. The van der Waals surface area contributed by atoms with E-state index < -0.39 is 37.3 Å². The molecule has 14 atom stereocenters. The van der Waals surface area contributed by atoms with Crippen molar-refractivity contribution in [3.8, 4) is 0 Å². The maximum atomic E-state index is 10.5. The van der Waals surface area contributed by atoms with Gasteiger partial charge in [0.05, 0.1) is 12.7 Å². The van der Waals surface area contributed by atoms with Crippen molar-refractivity contribution < 1.29 is 29.9 Å². The molecule has 2 saturated carbocycles. The molecule has 4 aliphatic carbocycles. The molecule has 0 aromatic rings. The van der Waals surface area contributed by atoms with Gasteiger partial charge in [0.15, 0.2) is 6.29 Å². The fraction of sp³-hybridized carbons (Fsp3) is 0.886. The van der Waals surface area contributed by atoms with Crippen molar-refractivity contribution in [2.45, 2.75) is 136 Å². The molecule has 4 N–H and O–H groups in total. The van der Waals surface area contributed by atoms with E-state index in [4.69, 9.17) is 9.47 Å². The van der Waals surface area contributed by atoms with Crippen molar-refractivity contribution >= 4 is 0 Å². The third-order valence-corrected chi connectivity index (χ3v) is 12.9. The first-order valence-electron chi connectivity index (χ1n) is 16.8. The summed E-state index contributed by atoms with van der Waals surface area (Å²) in [5.74, 6) is 5.14. The SMILES string of the molecule is CCC(CCC(C)C1CCC2C3CC=C4CC(OC5OC(CO)C(O)C(O)C5O)CCC4(C)C3C=CC12C)C(C)C. The molecule has 14 unspecified atom stereocenters. The first-order chi connectivity index (χ1) is 19.4. The number of fused-ring (bicyclic) bond motifs is 5. The predicted octanol–water partition coefficient (Wildman–Crippen LogP) is 5.63. The van der Waals surface area contributed by atoms with Crippen molar-refractivity contribution in [1.82, 2.24) is 0 Å². The predicted molar refractivity (Wildman–Crippen MR) is 161 cm³/mol. The van der Waals surface area contributed by atoms with Gasteiger partial charge in [-0.2, -0.15) is 0 Å². The van der Waals surface area contributed by atoms with E-state index in [1.54, 1.807) is 0 Å². The van der Waals surface area contributed by atoms with Crippen molar-refractivity contribution in [1.29, 1.82) is 0 Å². The lowest BCUT2D eigenvalue weighted by Gasteiger charge is -2.56. The molecule has 0 bridgehead atoms. The zero-order chi connectivity index (χ0) is 29.7. The minimum Gasteiger partial charge on any atom is -0.394 e. The molecule has 5 aliphatic rings. The zero-order valence-corrected chi connectivity index (χ0v) is 26.4. The minimum atomic E-state index is -1.41. The van der Waals surface area contributed by atoms with Gasteiger partial charge >= 0.3 is 0 Å². The second kappa shape index (κ2) is 12.3. The fourth-order valence-electron chi connectivity index (χ4n) is 10.1. The summed E-state index contributed by atoms with van der Waals surface area (Å²) >= 11 is 0. The van der Waals surface area contributed by atoms with Crippen molar-refractivity contribution in [2.75, 3.05) is 6.61 Å². The molecule has 0 aromatic heterocycles. The van der Waals surface area contributed by atoms with Crippen molar-refractivity contribution in [3.63, 3.8) is 0 Å². The first-order valence-corrected chi connectivity index (χ1v) is 16.8. The Bertz CT molecular complexity index is 960. The van der Waals surface area contributed by atoms with E-state index in [2.05, 4.69) is 59.8 Å². The highest BCUT2D eigenvalue weighted by Crippen LogP contribution is 2.65. The molecule has 1 saturated heterocycles. The van der Waals surface area contributed by atoms with Crippen LogP contribution in [0.15, 0.2) is 23.8 Å². The fourth-order valence-corrected chi connectivity index (χ4v) is 10.1. The Morgan fingerprint density at radius 1 is 1.02 bits per heavy atom. The van der Waals surface area contributed by atoms with Crippen molar-refractivity contribution in [2.24, 2.45) is 52.3 Å². The lowest BCUT2D eigenvalue weighted by atomic mass is 9.49. The molecule has 0 aromatic carbocycles. The summed E-state index contributed by atoms with van der Waals surface area (Å²) in [4.78, 5) is 0. The van der Waals surface area contributed by atoms with Gasteiger partial charge in [-0.15, -0.1) is 0 Å². The smallest absolute Gasteiger partial charge is 0.186 e. The summed E-state index contributed by atoms with van der Waals surface area (Å²) in [5.41, 5.74) is 1.87. The van der Waals surface area contributed by atoms with Crippen LogP contribution in [0.3, 0.4) is 0 Å². The van der Waals surface area contributed by atoms with Crippen LogP contribution in [0.2, 0.25) is 0 Å². The van der Waals surface area contributed by atoms with Crippen LogP contribution in [0, 0.1) is 52.3 Å². The third-order valence-electron chi connectivity index (χ3n) is 12.9. The Balaban J connectivity index is 1.25. The van der Waals surface area contributed by atoms with Crippen LogP contribution in [0.5, 0.6) is 0 Å². The van der Waals surface area contributed by atoms with Crippen molar-refractivity contribution in [3.05, 3.63) is 23.8 Å². The van der Waals surface area contributed by atoms with E-state index >= 15 is 0 Å². The molecule has 1 heterocycles. The summed E-state index contributed by atoms with van der Waals surface area (Å²) in [5, 5.41) is 40.4. The lowest BCUT2D eigenvalue weighted by Crippen LogP contribution is -2.60. The van der Waals surface area contributed by atoms with Crippen LogP contribution in [-0.2, 0) is 9.47 Å². The lowest BCUT2D eigenvalue weighted by molar-refractivity contribution is -0.312. The second-order valence-electron chi connectivity index (χ2n) is 15.3. The average Bonchev–Trinajstić information content (AvgIpc) is 3.30. The molecule has 5 rings (SSSR count). The molecule has 0 spiro atoms. The summed E-state index contributed by atoms with van der Waals surface area (Å²) < 4.78 is 11.9. The highest BCUT2D eigenvalue weighted by Gasteiger charge is 2.57. The molecule has 3 fully saturated rings. The Morgan fingerprint density at radius 3 is 2.46 bits per heavy atom. The van der Waals surface area contributed by atoms with Gasteiger partial charge in [-0.3, -0.25) is 0 Å². The highest BCUT2D eigenvalue weighted by atomic mass is 16.7. The number of aliphatic hydroxyl groups is 4. The van der Waals surface area contributed by atoms with Gasteiger partial charge in [0.1, 0.15) is 24.4 Å². The van der Waals surface area contributed by atoms with Gasteiger partial charge in [-0.25, -0.2) is 0 Å². The molecule has 41 heavy (non-hydrogen) atoms. The van der Waals surface area contributed by atoms with Gasteiger partial charge in [0.25, 0.3) is 0 Å². The molecular weight excluding hydrogens is 516 g/mol. The normalized spacial score (nSPS) is 47.3. The van der Waals surface area contributed by atoms with E-state index in [9.17, 15) is 20.4 Å². The molecule has 1 aliphatic heterocycles. The monoisotopic (exact) mass is 574 g/mol. The molecule has 234 valence electrons. The maximum Gasteiger partial charge on any atom is 0.186 e. The van der Waals surface area contributed by atoms with E-state index in [-0.39, 0.29) is 11.5 Å². The zero-order valence-electron chi connectivity index (χ0n) is 26.4. The first kappa shape index (κ1) is 31.7. The summed E-state index contributed by atoms with van der Waals surface area (Å²) in [6, 6.07) is 0. The van der Waals surface area contributed by atoms with Crippen LogP contribution in [0.25, 0.3) is 0 Å². The number of hydrogen-bond acceptors (Lipinski definition) is 6. The van der Waals surface area contributed by atoms with Gasteiger partial charge < -0.3 is 29.9 Å². The number of aliphatic hydroxyl groups excluding tert-OH is 4. The van der Waals surface area contributed by atoms with Crippen LogP contribution in [0.4, 0.5) is 0 Å². The van der Waals surface area contributed by atoms with Gasteiger partial charge in [-0.1, -0.05) is 78.2 Å². The Labute approximate surface area is 248 Å². The highest BCUT2D eigenvalue weighted by molar-refractivity contribution is 5.30. The van der Waals surface area contributed by atoms with E-state index in [1.807, 2.05) is 0 Å². The summed E-state index contributed by atoms with van der Waals surface area (Å²) in [6.07, 6.45) is 12.0. The third kappa shape index (κ3) is 5.64. The number of allylic oxidation sites excluding steroid dienone is 3. The summed E-state index contributed by atoms with van der Waals surface area (Å²) in [7, 11) is 0. The molecule has 0 radical (unpaired) electrons. The maximum absolute atomic E-state index is 10.5. The summed E-state index contributed by atoms with van der Waals surface area (Å²) in [6.45, 7) is 14.2. The second-order valence-corrected chi connectivity index (χ2v) is 15.3. The molecule has 0 amide bonds. The molecule has 6 heteroatoms. The van der Waals surface area contributed by atoms with E-state index in [0.717, 1.165) is 55.3 Å². The number of ether oxygens (including phenoxy) is 2. The molecular formula is C35H58O6. The van der Waals surface area contributed by atoms with E-state index in [1.165, 1.54) is 37.7 Å². The van der Waals surface area contributed by atoms with Crippen LogP contribution in [0.1, 0.15) is 99.3 Å². The Morgan fingerprint density at radius 2 is 1.78 bits per heavy atom. The van der Waals surface area contributed by atoms with Gasteiger partial charge in [0, 0.05) is 0 Å². The Kier molecular flexibility index (Phi) is 9.51. The minimum absolute atomic E-state index is 0.116. The van der Waals surface area contributed by atoms with Crippen LogP contribution < -0.4 is 0 Å². The average molecular weight is 575 g/mol. The van der Waals surface area contributed by atoms with Crippen LogP contribution in [-0.4, -0.2) is 63.8 Å². The number of hydrogen-bond donors (Lipinski definition) is 4. The van der Waals surface area contributed by atoms with Gasteiger partial charge in [-0.05, 0) is 97.2 Å². The topological polar surface area (TPSA) is 99.4 Å². The quantitative estimate of drug-likeness (QED) is 0.267. The van der Waals surface area contributed by atoms with Crippen LogP contribution >= 0.6 is 0 Å². The number of rotatable bonds is 9. The largest absolute Gasteiger partial charge is 0.394 e.